The molecule has 0 heterocycles. The molecule has 1 aromatic carbocycles. The van der Waals surface area contributed by atoms with Gasteiger partial charge in [0.05, 0.1) is 6.54 Å². The van der Waals surface area contributed by atoms with Gasteiger partial charge in [-0.2, -0.15) is 0 Å². The predicted molar refractivity (Wildman–Crippen MR) is 53.6 cm³/mol. The molecule has 2 nitrogen and oxygen atoms in total. The fourth-order valence-electron chi connectivity index (χ4n) is 1.17. The van der Waals surface area contributed by atoms with Crippen molar-refractivity contribution in [1.82, 2.24) is 5.32 Å². The Morgan fingerprint density at radius 2 is 1.85 bits per heavy atom. The van der Waals surface area contributed by atoms with Gasteiger partial charge in [-0.05, 0) is 17.5 Å². The van der Waals surface area contributed by atoms with E-state index < -0.39 is 0 Å². The van der Waals surface area contributed by atoms with E-state index in [1.807, 2.05) is 0 Å². The van der Waals surface area contributed by atoms with Crippen LogP contribution in [0.5, 0.6) is 0 Å². The lowest BCUT2D eigenvalue weighted by atomic mass is 10.1. The summed E-state index contributed by atoms with van der Waals surface area (Å²) >= 11 is 0. The molecule has 1 N–H and O–H groups in total. The molecular formula is C11H15NO. The average Bonchev–Trinajstić information content (AvgIpc) is 2.19. The van der Waals surface area contributed by atoms with Crippen LogP contribution in [0, 0.1) is 0 Å². The number of nitrogens with one attached hydrogen (secondary N) is 1. The van der Waals surface area contributed by atoms with Gasteiger partial charge in [-0.15, -0.1) is 0 Å². The van der Waals surface area contributed by atoms with Crippen LogP contribution in [0.15, 0.2) is 24.3 Å². The number of carbonyl (C=O) groups is 1. The molecule has 0 unspecified atom stereocenters. The second kappa shape index (κ2) is 5.49. The summed E-state index contributed by atoms with van der Waals surface area (Å²) in [5.41, 5.74) is 2.57. The summed E-state index contributed by atoms with van der Waals surface area (Å²) in [6.07, 6.45) is 1.95. The van der Waals surface area contributed by atoms with E-state index in [-0.39, 0.29) is 0 Å². The van der Waals surface area contributed by atoms with Gasteiger partial charge < -0.3 is 10.1 Å². The van der Waals surface area contributed by atoms with E-state index in [1.54, 1.807) is 0 Å². The summed E-state index contributed by atoms with van der Waals surface area (Å²) < 4.78 is 0. The summed E-state index contributed by atoms with van der Waals surface area (Å²) in [5.74, 6) is 0. The maximum Gasteiger partial charge on any atom is 0.133 e. The monoisotopic (exact) mass is 177 g/mol. The van der Waals surface area contributed by atoms with Crippen molar-refractivity contribution in [3.63, 3.8) is 0 Å². The van der Waals surface area contributed by atoms with Gasteiger partial charge in [0.2, 0.25) is 0 Å². The minimum absolute atomic E-state index is 0.426. The second-order valence-electron chi connectivity index (χ2n) is 2.97. The Kier molecular flexibility index (Phi) is 4.19. The molecule has 0 aromatic heterocycles. The average molecular weight is 177 g/mol. The number of aldehydes is 1. The van der Waals surface area contributed by atoms with Gasteiger partial charge in [-0.25, -0.2) is 0 Å². The Morgan fingerprint density at radius 3 is 2.38 bits per heavy atom. The van der Waals surface area contributed by atoms with Crippen molar-refractivity contribution in [2.24, 2.45) is 0 Å². The number of aryl methyl sites for hydroxylation is 1. The van der Waals surface area contributed by atoms with Crippen LogP contribution in [0.4, 0.5) is 0 Å². The van der Waals surface area contributed by atoms with Crippen molar-refractivity contribution in [3.05, 3.63) is 35.4 Å². The fraction of sp³-hybridized carbons (Fsp3) is 0.364. The van der Waals surface area contributed by atoms with Gasteiger partial charge >= 0.3 is 0 Å². The third-order valence-corrected chi connectivity index (χ3v) is 1.99. The van der Waals surface area contributed by atoms with Crippen LogP contribution >= 0.6 is 0 Å². The van der Waals surface area contributed by atoms with E-state index in [9.17, 15) is 4.79 Å². The molecule has 0 aliphatic carbocycles. The van der Waals surface area contributed by atoms with Crippen LogP contribution < -0.4 is 5.32 Å². The van der Waals surface area contributed by atoms with Crippen molar-refractivity contribution in [1.29, 1.82) is 0 Å². The first-order chi connectivity index (χ1) is 6.36. The van der Waals surface area contributed by atoms with Crippen molar-refractivity contribution < 1.29 is 4.79 Å². The lowest BCUT2D eigenvalue weighted by molar-refractivity contribution is -0.107. The summed E-state index contributed by atoms with van der Waals surface area (Å²) in [4.78, 5) is 10.0. The largest absolute Gasteiger partial charge is 0.306 e. The molecule has 0 bridgehead atoms. The van der Waals surface area contributed by atoms with Gasteiger partial charge in [0, 0.05) is 6.54 Å². The van der Waals surface area contributed by atoms with E-state index in [4.69, 9.17) is 0 Å². The number of hydrogen-bond acceptors (Lipinski definition) is 2. The Hall–Kier alpha value is -1.15. The molecular weight excluding hydrogens is 162 g/mol. The molecule has 0 amide bonds. The van der Waals surface area contributed by atoms with Crippen LogP contribution in [0.2, 0.25) is 0 Å². The highest BCUT2D eigenvalue weighted by Crippen LogP contribution is 2.04. The third kappa shape index (κ3) is 3.38. The number of carbonyl (C=O) groups excluding carboxylic acids is 1. The van der Waals surface area contributed by atoms with Crippen LogP contribution in [-0.4, -0.2) is 12.8 Å². The Balaban J connectivity index is 2.44. The number of hydrogen-bond donors (Lipinski definition) is 1. The van der Waals surface area contributed by atoms with Crippen LogP contribution in [0.3, 0.4) is 0 Å². The van der Waals surface area contributed by atoms with Gasteiger partial charge in [-0.1, -0.05) is 31.2 Å². The normalized spacial score (nSPS) is 9.92. The van der Waals surface area contributed by atoms with E-state index in [2.05, 4.69) is 36.5 Å². The Morgan fingerprint density at radius 1 is 1.23 bits per heavy atom. The van der Waals surface area contributed by atoms with Crippen molar-refractivity contribution in [2.45, 2.75) is 19.9 Å². The lowest BCUT2D eigenvalue weighted by Crippen LogP contribution is -2.15. The summed E-state index contributed by atoms with van der Waals surface area (Å²) in [7, 11) is 0. The van der Waals surface area contributed by atoms with Crippen LogP contribution in [0.25, 0.3) is 0 Å². The topological polar surface area (TPSA) is 29.1 Å². The molecule has 0 atom stereocenters. The minimum Gasteiger partial charge on any atom is -0.306 e. The molecule has 1 rings (SSSR count). The quantitative estimate of drug-likeness (QED) is 0.546. The van der Waals surface area contributed by atoms with Gasteiger partial charge in [0.1, 0.15) is 6.29 Å². The maximum atomic E-state index is 10.0. The lowest BCUT2D eigenvalue weighted by Gasteiger charge is -2.02. The van der Waals surface area contributed by atoms with Gasteiger partial charge in [-0.3, -0.25) is 0 Å². The summed E-state index contributed by atoms with van der Waals surface area (Å²) in [5, 5.41) is 3.02. The zero-order chi connectivity index (χ0) is 9.52. The van der Waals surface area contributed by atoms with E-state index >= 15 is 0 Å². The molecule has 0 aliphatic rings. The number of rotatable bonds is 5. The third-order valence-electron chi connectivity index (χ3n) is 1.99. The molecule has 70 valence electrons. The molecule has 0 saturated heterocycles. The zero-order valence-corrected chi connectivity index (χ0v) is 7.92. The van der Waals surface area contributed by atoms with Crippen LogP contribution in [0.1, 0.15) is 18.1 Å². The predicted octanol–water partition coefficient (Wildman–Crippen LogP) is 1.54. The minimum atomic E-state index is 0.426. The van der Waals surface area contributed by atoms with Crippen molar-refractivity contribution in [2.75, 3.05) is 6.54 Å². The molecule has 0 saturated carbocycles. The van der Waals surface area contributed by atoms with Crippen molar-refractivity contribution in [3.8, 4) is 0 Å². The molecule has 13 heavy (non-hydrogen) atoms. The molecule has 0 fully saturated rings. The molecule has 1 aromatic rings. The molecule has 2 heteroatoms. The second-order valence-corrected chi connectivity index (χ2v) is 2.97. The molecule has 0 radical (unpaired) electrons. The molecule has 0 spiro atoms. The molecule has 0 aliphatic heterocycles. The highest BCUT2D eigenvalue weighted by Gasteiger charge is 1.92. The first-order valence-electron chi connectivity index (χ1n) is 4.59. The van der Waals surface area contributed by atoms with Gasteiger partial charge in [0.15, 0.2) is 0 Å². The number of benzene rings is 1. The highest BCUT2D eigenvalue weighted by molar-refractivity contribution is 5.51. The highest BCUT2D eigenvalue weighted by atomic mass is 16.1. The standard InChI is InChI=1S/C11H15NO/c1-2-10-3-5-11(6-4-10)9-12-7-8-13/h3-6,8,12H,2,7,9H2,1H3. The fourth-order valence-corrected chi connectivity index (χ4v) is 1.17. The Labute approximate surface area is 79.0 Å². The van der Waals surface area contributed by atoms with Crippen LogP contribution in [-0.2, 0) is 17.8 Å². The SMILES string of the molecule is CCc1ccc(CNCC=O)cc1. The van der Waals surface area contributed by atoms with E-state index in [1.165, 1.54) is 11.1 Å². The van der Waals surface area contributed by atoms with E-state index in [0.29, 0.717) is 6.54 Å². The zero-order valence-electron chi connectivity index (χ0n) is 7.92. The van der Waals surface area contributed by atoms with Gasteiger partial charge in [0.25, 0.3) is 0 Å². The first-order valence-corrected chi connectivity index (χ1v) is 4.59. The first kappa shape index (κ1) is 9.93. The maximum absolute atomic E-state index is 10.0. The smallest absolute Gasteiger partial charge is 0.133 e. The summed E-state index contributed by atoms with van der Waals surface area (Å²) in [6, 6.07) is 8.43. The van der Waals surface area contributed by atoms with Crippen molar-refractivity contribution >= 4 is 6.29 Å². The Bertz CT molecular complexity index is 253. The van der Waals surface area contributed by atoms with E-state index in [0.717, 1.165) is 19.3 Å². The summed E-state index contributed by atoms with van der Waals surface area (Å²) in [6.45, 7) is 3.33.